The second kappa shape index (κ2) is 32.7. The Bertz CT molecular complexity index is 5160. The molecule has 13 aromatic rings. The molecule has 8 heterocycles. The number of nitrogens with zero attached hydrogens (tertiary/aromatic N) is 3. The van der Waals surface area contributed by atoms with Crippen LogP contribution in [-0.4, -0.2) is 153 Å². The number of anilines is 10. The molecule has 0 saturated carbocycles. The first kappa shape index (κ1) is 70.2. The predicted molar refractivity (Wildman–Crippen MR) is 435 cm³/mol. The second-order valence-electron chi connectivity index (χ2n) is 23.3. The maximum atomic E-state index is 12.8. The van der Waals surface area contributed by atoms with Gasteiger partial charge in [0.15, 0.2) is 11.6 Å². The van der Waals surface area contributed by atoms with Gasteiger partial charge in [0.05, 0.1) is 6.42 Å². The maximum absolute atomic E-state index is 12.8. The molecule has 18 heteroatoms. The van der Waals surface area contributed by atoms with Gasteiger partial charge in [0.25, 0.3) is 0 Å². The molecular formula is C84H57IN4O5Se8. The monoisotopic (exact) mass is 1970 g/mol. The Kier molecular flexibility index (Phi) is 22.5. The number of nitrogens with one attached hydrogen (secondary N) is 1. The Hall–Kier alpha value is -7.44. The number of Topliss-reactive ketones (excluding diaryl/α,β-unsaturated/α-hetero) is 4. The molecular weight excluding hydrogens is 1900 g/mol. The van der Waals surface area contributed by atoms with Gasteiger partial charge in [0.2, 0.25) is 0 Å². The molecule has 4 aromatic heterocycles. The van der Waals surface area contributed by atoms with Crippen LogP contribution in [0.4, 0.5) is 53.5 Å². The summed E-state index contributed by atoms with van der Waals surface area (Å²) in [6.07, 6.45) is 12.0. The topological polar surface area (TPSA) is 107 Å². The molecule has 0 bridgehead atoms. The van der Waals surface area contributed by atoms with Crippen molar-refractivity contribution < 1.29 is 24.0 Å². The fourth-order valence-corrected chi connectivity index (χ4v) is 28.8. The zero-order chi connectivity index (χ0) is 69.5. The van der Waals surface area contributed by atoms with Crippen molar-refractivity contribution in [3.8, 4) is 0 Å². The molecule has 2 unspecified atom stereocenters. The summed E-state index contributed by atoms with van der Waals surface area (Å²) in [5.74, 6) is -0.430. The van der Waals surface area contributed by atoms with Crippen molar-refractivity contribution in [1.82, 2.24) is 0 Å². The van der Waals surface area contributed by atoms with Crippen molar-refractivity contribution in [2.45, 2.75) is 17.3 Å². The van der Waals surface area contributed by atoms with Gasteiger partial charge in [0.1, 0.15) is 0 Å². The molecule has 0 radical (unpaired) electrons. The van der Waals surface area contributed by atoms with Gasteiger partial charge in [-0.3, -0.25) is 9.59 Å². The van der Waals surface area contributed by atoms with Gasteiger partial charge in [-0.05, 0) is 0 Å². The van der Waals surface area contributed by atoms with Crippen LogP contribution in [0, 0.1) is 2.44 Å². The first-order valence-corrected chi connectivity index (χ1v) is 47.6. The number of para-hydroxylation sites is 7. The third-order valence-corrected chi connectivity index (χ3v) is 35.9. The number of hydrogen-bond donors (Lipinski definition) is 1. The molecule has 4 aliphatic heterocycles. The first-order valence-electron chi connectivity index (χ1n) is 32.4. The summed E-state index contributed by atoms with van der Waals surface area (Å²) in [6, 6.07) is 91.9. The molecule has 0 fully saturated rings. The molecule has 0 amide bonds. The summed E-state index contributed by atoms with van der Waals surface area (Å²) >= 11 is 5.24. The fourth-order valence-electron chi connectivity index (χ4n) is 12.3. The average Bonchev–Trinajstić information content (AvgIpc) is 1.02. The van der Waals surface area contributed by atoms with E-state index in [9.17, 15) is 24.0 Å². The van der Waals surface area contributed by atoms with Crippen LogP contribution in [0.25, 0.3) is 6.08 Å². The summed E-state index contributed by atoms with van der Waals surface area (Å²) in [4.78, 5) is 71.1. The van der Waals surface area contributed by atoms with Crippen molar-refractivity contribution in [2.75, 3.05) is 20.0 Å². The van der Waals surface area contributed by atoms with Crippen LogP contribution in [0.1, 0.15) is 61.5 Å². The number of carbonyl (C=O) groups excluding carboxylic acids is 5. The normalized spacial score (nSPS) is 15.3. The molecule has 1 N–H and O–H groups in total. The van der Waals surface area contributed by atoms with E-state index in [0.29, 0.717) is 107 Å². The Balaban J connectivity index is 0.000000105. The van der Waals surface area contributed by atoms with E-state index in [1.165, 1.54) is 82.7 Å². The van der Waals surface area contributed by atoms with Crippen molar-refractivity contribution in [3.05, 3.63) is 340 Å². The van der Waals surface area contributed by atoms with E-state index in [1.807, 2.05) is 6.07 Å². The predicted octanol–water partition coefficient (Wildman–Crippen LogP) is 12.3. The van der Waals surface area contributed by atoms with Crippen molar-refractivity contribution >= 4 is 261 Å². The van der Waals surface area contributed by atoms with E-state index < -0.39 is 0 Å². The zero-order valence-corrected chi connectivity index (χ0v) is 69.8. The second-order valence-corrected chi connectivity index (χ2v) is 44.0. The summed E-state index contributed by atoms with van der Waals surface area (Å²) < 4.78 is 17.4. The summed E-state index contributed by atoms with van der Waals surface area (Å²) in [7, 11) is 0. The fraction of sp³-hybridized carbons (Fsp3) is 0.0357. The zero-order valence-electron chi connectivity index (χ0n) is 53.9. The van der Waals surface area contributed by atoms with E-state index in [4.69, 9.17) is 0 Å². The molecule has 7 aliphatic rings. The number of benzene rings is 9. The van der Waals surface area contributed by atoms with Crippen molar-refractivity contribution in [3.63, 3.8) is 0 Å². The summed E-state index contributed by atoms with van der Waals surface area (Å²) in [6.45, 7) is 0. The number of rotatable bonds is 5. The standard InChI is InChI=1S/C26H15NO2Se2.C17H11NOSe2.C16H13NSe2.C12H9NSe.C9H6O2.C4H3ISe/c28-25-17-7-1-2-8-18(17)26(29)19(25)15-16-13-14-24(30-16)27-20-9-3-5-11-22(20)31-23-12-6-4-10-21(23)27;19-11-12-9-10-17(20-12)18-13-5-1-3-7-15(13)21-16-8-4-2-6-14(16)18;1-3-8-14-12(6-1)17(16-10-5-11-18-16)13-7-2-4-9-15(13)19-14;1-3-7-11-9(5-1)13-10-6-2-4-8-12(10)14-11;10-8-5-9(11)7-4-2-1-3-6(7)8;5-4-2-1-3-6-4/h1-15H;1-11H;1-12,14H;1-8,13H;1-4H,5H2;1-3H. The summed E-state index contributed by atoms with van der Waals surface area (Å²) in [5.41, 5.74) is 11.4. The Morgan fingerprint density at radius 1 is 0.392 bits per heavy atom. The molecule has 2 atom stereocenters. The van der Waals surface area contributed by atoms with Gasteiger partial charge in [-0.15, -0.1) is 0 Å². The number of hydrogen-bond acceptors (Lipinski definition) is 9. The number of halogens is 1. The van der Waals surface area contributed by atoms with Gasteiger partial charge >= 0.3 is 599 Å². The average molecular weight is 1960 g/mol. The SMILES string of the molecule is C1=CC2[Se]c3ccccc3N(c3ccc[se]3)C2C=C1.Ic1ccc[se]1.O=C1C(=Cc2ccc(N3c4ccccc4[Se]c4ccccc43)[se]2)C(=O)c2ccccc21.O=C1CC(=O)c2ccccc21.O=Cc1ccc(N2c3ccccc3[Se]c3ccccc32)[se]1.c1ccc2c(c1)Nc1ccccc1[Se]2. The van der Waals surface area contributed by atoms with Crippen LogP contribution in [0.3, 0.4) is 0 Å². The molecule has 9 nitrogen and oxygen atoms in total. The van der Waals surface area contributed by atoms with E-state index in [2.05, 4.69) is 289 Å². The van der Waals surface area contributed by atoms with Gasteiger partial charge in [-0.25, -0.2) is 0 Å². The number of carbonyl (C=O) groups is 5. The van der Waals surface area contributed by atoms with Gasteiger partial charge in [0, 0.05) is 11.1 Å². The number of aldehydes is 1. The van der Waals surface area contributed by atoms with Gasteiger partial charge < -0.3 is 0 Å². The Morgan fingerprint density at radius 3 is 1.28 bits per heavy atom. The van der Waals surface area contributed by atoms with Crippen LogP contribution in [-0.2, 0) is 0 Å². The van der Waals surface area contributed by atoms with E-state index >= 15 is 0 Å². The van der Waals surface area contributed by atoms with Gasteiger partial charge in [-0.2, -0.15) is 0 Å². The summed E-state index contributed by atoms with van der Waals surface area (Å²) in [5, 5.41) is 3.46. The van der Waals surface area contributed by atoms with E-state index in [0.717, 1.165) is 15.2 Å². The van der Waals surface area contributed by atoms with E-state index in [-0.39, 0.29) is 79.1 Å². The molecule has 20 rings (SSSR count). The van der Waals surface area contributed by atoms with Crippen LogP contribution in [0.5, 0.6) is 0 Å². The molecule has 102 heavy (non-hydrogen) atoms. The third kappa shape index (κ3) is 15.4. The van der Waals surface area contributed by atoms with E-state index in [1.54, 1.807) is 59.1 Å². The Morgan fingerprint density at radius 2 is 0.814 bits per heavy atom. The number of ketones is 4. The minimum atomic E-state index is -0.165. The quantitative estimate of drug-likeness (QED) is 0.0450. The Labute approximate surface area is 654 Å². The van der Waals surface area contributed by atoms with Crippen LogP contribution in [0.2, 0.25) is 4.82 Å². The third-order valence-electron chi connectivity index (χ3n) is 16.9. The number of fused-ring (bicyclic) bond motifs is 10. The van der Waals surface area contributed by atoms with Crippen LogP contribution < -0.4 is 51.2 Å². The van der Waals surface area contributed by atoms with Crippen LogP contribution >= 0.6 is 22.6 Å². The van der Waals surface area contributed by atoms with Crippen molar-refractivity contribution in [2.24, 2.45) is 0 Å². The molecule has 9 aromatic carbocycles. The molecule has 0 saturated heterocycles. The molecule has 3 aliphatic carbocycles. The molecule has 498 valence electrons. The van der Waals surface area contributed by atoms with Crippen LogP contribution in [0.15, 0.2) is 307 Å². The van der Waals surface area contributed by atoms with Gasteiger partial charge in [-0.1, -0.05) is 24.3 Å². The minimum absolute atomic E-state index is 0.00705. The number of allylic oxidation sites excluding steroid dienone is 3. The first-order chi connectivity index (χ1) is 50.1. The molecule has 0 spiro atoms. The van der Waals surface area contributed by atoms with Crippen molar-refractivity contribution in [1.29, 1.82) is 0 Å².